The number of amides is 2. The van der Waals surface area contributed by atoms with Gasteiger partial charge >= 0.3 is 5.97 Å². The van der Waals surface area contributed by atoms with Crippen LogP contribution in [0, 0.1) is 0 Å². The Bertz CT molecular complexity index is 664. The Morgan fingerprint density at radius 1 is 1.33 bits per heavy atom. The summed E-state index contributed by atoms with van der Waals surface area (Å²) in [5.41, 5.74) is 1.03. The SMILES string of the molecule is CN(C)C(=O)COC(=O)[C@H]1CS[C@@]2(c3ccccc3)CCC(=O)N12. The lowest BCUT2D eigenvalue weighted by atomic mass is 10.0. The van der Waals surface area contributed by atoms with Crippen molar-refractivity contribution in [3.05, 3.63) is 35.9 Å². The number of fused-ring (bicyclic) bond motifs is 1. The maximum atomic E-state index is 12.4. The predicted octanol–water partition coefficient (Wildman–Crippen LogP) is 1.21. The van der Waals surface area contributed by atoms with Crippen LogP contribution < -0.4 is 0 Å². The van der Waals surface area contributed by atoms with Crippen molar-refractivity contribution in [3.63, 3.8) is 0 Å². The quantitative estimate of drug-likeness (QED) is 0.765. The van der Waals surface area contributed by atoms with Crippen LogP contribution in [0.3, 0.4) is 0 Å². The summed E-state index contributed by atoms with van der Waals surface area (Å²) >= 11 is 1.60. The highest BCUT2D eigenvalue weighted by Crippen LogP contribution is 2.54. The number of carbonyl (C=O) groups is 3. The Labute approximate surface area is 145 Å². The molecule has 1 aromatic rings. The second kappa shape index (κ2) is 6.47. The van der Waals surface area contributed by atoms with E-state index in [1.807, 2.05) is 30.3 Å². The fourth-order valence-corrected chi connectivity index (χ4v) is 4.81. The number of ether oxygens (including phenoxy) is 1. The molecule has 2 aliphatic heterocycles. The van der Waals surface area contributed by atoms with Gasteiger partial charge in [0.1, 0.15) is 10.9 Å². The van der Waals surface area contributed by atoms with Gasteiger partial charge in [-0.15, -0.1) is 11.8 Å². The number of benzene rings is 1. The van der Waals surface area contributed by atoms with Crippen LogP contribution in [-0.4, -0.2) is 60.1 Å². The summed E-state index contributed by atoms with van der Waals surface area (Å²) < 4.78 is 5.15. The summed E-state index contributed by atoms with van der Waals surface area (Å²) in [6, 6.07) is 9.14. The molecular weight excluding hydrogens is 328 g/mol. The van der Waals surface area contributed by atoms with Gasteiger partial charge in [0.15, 0.2) is 6.61 Å². The molecule has 0 spiro atoms. The lowest BCUT2D eigenvalue weighted by Gasteiger charge is -2.33. The first-order chi connectivity index (χ1) is 11.5. The second-order valence-corrected chi connectivity index (χ2v) is 7.43. The van der Waals surface area contributed by atoms with E-state index in [0.29, 0.717) is 18.6 Å². The number of carbonyl (C=O) groups excluding carboxylic acids is 3. The van der Waals surface area contributed by atoms with Crippen molar-refractivity contribution < 1.29 is 19.1 Å². The lowest BCUT2D eigenvalue weighted by molar-refractivity contribution is -0.158. The molecule has 0 radical (unpaired) electrons. The van der Waals surface area contributed by atoms with Crippen LogP contribution in [0.2, 0.25) is 0 Å². The molecule has 24 heavy (non-hydrogen) atoms. The molecule has 2 heterocycles. The third-order valence-electron chi connectivity index (χ3n) is 4.46. The minimum Gasteiger partial charge on any atom is -0.454 e. The summed E-state index contributed by atoms with van der Waals surface area (Å²) in [5, 5.41) is 0. The van der Waals surface area contributed by atoms with Crippen molar-refractivity contribution in [2.45, 2.75) is 23.8 Å². The van der Waals surface area contributed by atoms with Gasteiger partial charge in [0.25, 0.3) is 5.91 Å². The first-order valence-corrected chi connectivity index (χ1v) is 8.83. The minimum atomic E-state index is -0.639. The topological polar surface area (TPSA) is 66.9 Å². The number of hydrogen-bond donors (Lipinski definition) is 0. The standard InChI is InChI=1S/C17H20N2O4S/c1-18(2)15(21)10-23-16(22)13-11-24-17(9-8-14(20)19(13)17)12-6-4-3-5-7-12/h3-7,13H,8-11H2,1-2H3/t13-,17-/m1/s1. The number of hydrogen-bond acceptors (Lipinski definition) is 5. The Kier molecular flexibility index (Phi) is 4.54. The average Bonchev–Trinajstić information content (AvgIpc) is 3.12. The van der Waals surface area contributed by atoms with Gasteiger partial charge in [-0.3, -0.25) is 9.59 Å². The molecule has 2 atom stereocenters. The van der Waals surface area contributed by atoms with Gasteiger partial charge in [0.2, 0.25) is 5.91 Å². The Balaban J connectivity index is 1.79. The van der Waals surface area contributed by atoms with Crippen LogP contribution in [-0.2, 0) is 24.0 Å². The fraction of sp³-hybridized carbons (Fsp3) is 0.471. The second-order valence-electron chi connectivity index (χ2n) is 6.14. The van der Waals surface area contributed by atoms with Gasteiger partial charge in [0, 0.05) is 26.3 Å². The van der Waals surface area contributed by atoms with Crippen LogP contribution in [0.25, 0.3) is 0 Å². The van der Waals surface area contributed by atoms with Crippen LogP contribution >= 0.6 is 11.8 Å². The summed E-state index contributed by atoms with van der Waals surface area (Å²) in [4.78, 5) is 39.0. The van der Waals surface area contributed by atoms with Gasteiger partial charge < -0.3 is 14.5 Å². The van der Waals surface area contributed by atoms with Crippen molar-refractivity contribution in [1.29, 1.82) is 0 Å². The molecule has 7 heteroatoms. The highest BCUT2D eigenvalue weighted by molar-refractivity contribution is 8.00. The van der Waals surface area contributed by atoms with E-state index in [2.05, 4.69) is 0 Å². The fourth-order valence-electron chi connectivity index (χ4n) is 3.17. The highest BCUT2D eigenvalue weighted by Gasteiger charge is 2.57. The zero-order chi connectivity index (χ0) is 17.3. The van der Waals surface area contributed by atoms with Gasteiger partial charge in [-0.2, -0.15) is 0 Å². The first kappa shape index (κ1) is 16.8. The normalized spacial score (nSPS) is 25.5. The third-order valence-corrected chi connectivity index (χ3v) is 6.06. The van der Waals surface area contributed by atoms with E-state index in [1.165, 1.54) is 4.90 Å². The predicted molar refractivity (Wildman–Crippen MR) is 90.1 cm³/mol. The molecule has 0 N–H and O–H groups in total. The van der Waals surface area contributed by atoms with E-state index >= 15 is 0 Å². The largest absolute Gasteiger partial charge is 0.454 e. The van der Waals surface area contributed by atoms with Crippen molar-refractivity contribution in [2.75, 3.05) is 26.5 Å². The maximum Gasteiger partial charge on any atom is 0.330 e. The van der Waals surface area contributed by atoms with E-state index in [9.17, 15) is 14.4 Å². The van der Waals surface area contributed by atoms with E-state index < -0.39 is 16.9 Å². The zero-order valence-corrected chi connectivity index (χ0v) is 14.5. The average molecular weight is 348 g/mol. The molecule has 0 unspecified atom stereocenters. The smallest absolute Gasteiger partial charge is 0.330 e. The molecule has 0 aliphatic carbocycles. The Morgan fingerprint density at radius 2 is 2.04 bits per heavy atom. The molecule has 6 nitrogen and oxygen atoms in total. The Hall–Kier alpha value is -2.02. The van der Waals surface area contributed by atoms with Crippen LogP contribution in [0.4, 0.5) is 0 Å². The maximum absolute atomic E-state index is 12.4. The van der Waals surface area contributed by atoms with Crippen LogP contribution in [0.5, 0.6) is 0 Å². The summed E-state index contributed by atoms with van der Waals surface area (Å²) in [6.07, 6.45) is 1.10. The van der Waals surface area contributed by atoms with E-state index in [-0.39, 0.29) is 18.4 Å². The molecule has 2 amide bonds. The van der Waals surface area contributed by atoms with E-state index in [0.717, 1.165) is 5.56 Å². The summed E-state index contributed by atoms with van der Waals surface area (Å²) in [7, 11) is 3.21. The van der Waals surface area contributed by atoms with Gasteiger partial charge in [-0.25, -0.2) is 4.79 Å². The molecule has 0 saturated carbocycles. The summed E-state index contributed by atoms with van der Waals surface area (Å²) in [5.74, 6) is -0.345. The Morgan fingerprint density at radius 3 is 2.71 bits per heavy atom. The third kappa shape index (κ3) is 2.77. The molecule has 2 saturated heterocycles. The molecule has 2 fully saturated rings. The van der Waals surface area contributed by atoms with Crippen molar-refractivity contribution in [1.82, 2.24) is 9.80 Å². The number of rotatable bonds is 4. The van der Waals surface area contributed by atoms with E-state index in [1.54, 1.807) is 30.8 Å². The first-order valence-electron chi connectivity index (χ1n) is 7.84. The molecule has 1 aromatic carbocycles. The van der Waals surface area contributed by atoms with Crippen molar-refractivity contribution >= 4 is 29.5 Å². The number of likely N-dealkylation sites (N-methyl/N-ethyl adjacent to an activating group) is 1. The lowest BCUT2D eigenvalue weighted by Crippen LogP contribution is -2.47. The van der Waals surface area contributed by atoms with Crippen LogP contribution in [0.1, 0.15) is 18.4 Å². The molecule has 0 bridgehead atoms. The molecular formula is C17H20N2O4S. The monoisotopic (exact) mass is 348 g/mol. The zero-order valence-electron chi connectivity index (χ0n) is 13.7. The van der Waals surface area contributed by atoms with Gasteiger partial charge in [0.05, 0.1) is 0 Å². The summed E-state index contributed by atoms with van der Waals surface area (Å²) in [6.45, 7) is -0.298. The molecule has 2 aliphatic rings. The minimum absolute atomic E-state index is 0.0373. The number of nitrogens with zero attached hydrogens (tertiary/aromatic N) is 2. The van der Waals surface area contributed by atoms with Crippen molar-refractivity contribution in [2.24, 2.45) is 0 Å². The van der Waals surface area contributed by atoms with Gasteiger partial charge in [-0.05, 0) is 12.0 Å². The highest BCUT2D eigenvalue weighted by atomic mass is 32.2. The molecule has 0 aromatic heterocycles. The van der Waals surface area contributed by atoms with Gasteiger partial charge in [-0.1, -0.05) is 30.3 Å². The molecule has 128 valence electrons. The number of thioether (sulfide) groups is 1. The van der Waals surface area contributed by atoms with E-state index in [4.69, 9.17) is 4.74 Å². The molecule has 3 rings (SSSR count). The van der Waals surface area contributed by atoms with Crippen molar-refractivity contribution in [3.8, 4) is 0 Å². The van der Waals surface area contributed by atoms with Crippen LogP contribution in [0.15, 0.2) is 30.3 Å². The number of esters is 1.